The number of aromatic nitrogens is 4. The molecule has 0 saturated carbocycles. The van der Waals surface area contributed by atoms with Gasteiger partial charge in [0.1, 0.15) is 12.7 Å². The number of hydrogen-bond donors (Lipinski definition) is 3. The van der Waals surface area contributed by atoms with Crippen molar-refractivity contribution in [3.8, 4) is 5.69 Å². The molecule has 4 aromatic rings. The summed E-state index contributed by atoms with van der Waals surface area (Å²) in [5.41, 5.74) is 1.97. The zero-order valence-corrected chi connectivity index (χ0v) is 23.0. The van der Waals surface area contributed by atoms with Gasteiger partial charge in [0.2, 0.25) is 0 Å². The lowest BCUT2D eigenvalue weighted by atomic mass is 10.0. The minimum atomic E-state index is -4.55. The zero-order valence-electron chi connectivity index (χ0n) is 23.0. The van der Waals surface area contributed by atoms with Crippen molar-refractivity contribution in [2.75, 3.05) is 49.2 Å². The average molecular weight is 568 g/mol. The van der Waals surface area contributed by atoms with Gasteiger partial charge in [0.05, 0.1) is 5.56 Å². The van der Waals surface area contributed by atoms with E-state index in [-0.39, 0.29) is 17.8 Å². The first kappa shape index (κ1) is 28.3. The number of alkyl halides is 3. The van der Waals surface area contributed by atoms with Crippen molar-refractivity contribution >= 4 is 34.4 Å². The molecule has 5 rings (SSSR count). The highest BCUT2D eigenvalue weighted by atomic mass is 19.4. The molecule has 1 aliphatic rings. The molecule has 3 N–H and O–H groups in total. The molecular weight excluding hydrogens is 535 g/mol. The first-order valence-electron chi connectivity index (χ1n) is 13.3. The van der Waals surface area contributed by atoms with E-state index in [9.17, 15) is 18.0 Å². The molecule has 0 atom stereocenters. The molecule has 1 fully saturated rings. The first-order chi connectivity index (χ1) is 19.6. The van der Waals surface area contributed by atoms with E-state index in [1.54, 1.807) is 42.2 Å². The van der Waals surface area contributed by atoms with Crippen molar-refractivity contribution in [1.29, 1.82) is 0 Å². The molecule has 2 aromatic heterocycles. The Morgan fingerprint density at radius 2 is 1.63 bits per heavy atom. The van der Waals surface area contributed by atoms with Crippen LogP contribution in [-0.4, -0.2) is 74.6 Å². The van der Waals surface area contributed by atoms with Crippen molar-refractivity contribution in [1.82, 2.24) is 29.3 Å². The van der Waals surface area contributed by atoms with Crippen LogP contribution in [0.15, 0.2) is 55.1 Å². The number of urea groups is 1. The van der Waals surface area contributed by atoms with Gasteiger partial charge in [-0.3, -0.25) is 14.4 Å². The average Bonchev–Trinajstić information content (AvgIpc) is 3.38. The summed E-state index contributed by atoms with van der Waals surface area (Å²) in [5, 5.41) is 8.16. The zero-order chi connectivity index (χ0) is 29.1. The van der Waals surface area contributed by atoms with Gasteiger partial charge in [-0.2, -0.15) is 13.2 Å². The molecule has 0 bridgehead atoms. The van der Waals surface area contributed by atoms with Crippen LogP contribution in [0.2, 0.25) is 0 Å². The second-order valence-electron chi connectivity index (χ2n) is 10.2. The van der Waals surface area contributed by atoms with Crippen molar-refractivity contribution in [3.63, 3.8) is 0 Å². The van der Waals surface area contributed by atoms with Crippen LogP contribution in [0.5, 0.6) is 0 Å². The predicted octanol–water partition coefficient (Wildman–Crippen LogP) is 5.05. The lowest BCUT2D eigenvalue weighted by Gasteiger charge is -2.37. The van der Waals surface area contributed by atoms with E-state index in [4.69, 9.17) is 0 Å². The number of fused-ring (bicyclic) bond motifs is 1. The van der Waals surface area contributed by atoms with E-state index in [1.807, 2.05) is 4.90 Å². The van der Waals surface area contributed by atoms with Crippen molar-refractivity contribution < 1.29 is 18.0 Å². The number of anilines is 3. The Balaban J connectivity index is 1.24. The molecule has 0 unspecified atom stereocenters. The highest BCUT2D eigenvalue weighted by Crippen LogP contribution is 2.35. The molecule has 0 spiro atoms. The molecule has 0 aliphatic carbocycles. The normalized spacial score (nSPS) is 14.9. The van der Waals surface area contributed by atoms with E-state index >= 15 is 0 Å². The van der Waals surface area contributed by atoms with Crippen LogP contribution in [0.3, 0.4) is 0 Å². The Kier molecular flexibility index (Phi) is 8.08. The maximum absolute atomic E-state index is 14.0. The standard InChI is InChI=1S/C28H32F3N9O/c1-18(2)39-12-10-38(11-13-39)15-19-4-5-21(14-23(19)28(29,30)31)37-27(41)36-20-6-8-22(9-7-20)40-17-35-24-25(32-3)33-16-34-26(24)40/h4-9,14,16-18H,10-13,15H2,1-3H3,(H,32,33,34)(H2,36,37,41). The fourth-order valence-corrected chi connectivity index (χ4v) is 4.94. The highest BCUT2D eigenvalue weighted by molar-refractivity contribution is 5.99. The van der Waals surface area contributed by atoms with Gasteiger partial charge in [-0.15, -0.1) is 0 Å². The first-order valence-corrected chi connectivity index (χ1v) is 13.3. The molecule has 216 valence electrons. The van der Waals surface area contributed by atoms with E-state index in [0.717, 1.165) is 24.8 Å². The van der Waals surface area contributed by atoms with E-state index in [1.165, 1.54) is 18.5 Å². The van der Waals surface area contributed by atoms with E-state index in [0.29, 0.717) is 41.8 Å². The number of carbonyl (C=O) groups excluding carboxylic acids is 1. The third-order valence-corrected chi connectivity index (χ3v) is 7.18. The summed E-state index contributed by atoms with van der Waals surface area (Å²) in [7, 11) is 1.75. The molecule has 10 nitrogen and oxygen atoms in total. The van der Waals surface area contributed by atoms with Crippen molar-refractivity contribution in [2.45, 2.75) is 32.6 Å². The molecule has 41 heavy (non-hydrogen) atoms. The maximum Gasteiger partial charge on any atom is 0.416 e. The minimum Gasteiger partial charge on any atom is -0.371 e. The van der Waals surface area contributed by atoms with Gasteiger partial charge in [-0.1, -0.05) is 6.07 Å². The number of rotatable bonds is 7. The van der Waals surface area contributed by atoms with Gasteiger partial charge in [0.15, 0.2) is 17.0 Å². The van der Waals surface area contributed by atoms with Crippen LogP contribution in [0.4, 0.5) is 35.2 Å². The molecule has 1 saturated heterocycles. The van der Waals surface area contributed by atoms with Crippen LogP contribution in [0.1, 0.15) is 25.0 Å². The number of piperazine rings is 1. The summed E-state index contributed by atoms with van der Waals surface area (Å²) in [5.74, 6) is 0.606. The summed E-state index contributed by atoms with van der Waals surface area (Å²) < 4.78 is 43.7. The molecule has 0 radical (unpaired) electrons. The Bertz CT molecular complexity index is 1510. The number of hydrogen-bond acceptors (Lipinski definition) is 7. The molecule has 13 heteroatoms. The lowest BCUT2D eigenvalue weighted by molar-refractivity contribution is -0.138. The second-order valence-corrected chi connectivity index (χ2v) is 10.2. The molecule has 2 amide bonds. The SMILES string of the molecule is CNc1ncnc2c1ncn2-c1ccc(NC(=O)Nc2ccc(CN3CCN(C(C)C)CC3)c(C(F)(F)F)c2)cc1. The summed E-state index contributed by atoms with van der Waals surface area (Å²) in [6.45, 7) is 7.50. The number of nitrogens with zero attached hydrogens (tertiary/aromatic N) is 6. The monoisotopic (exact) mass is 567 g/mol. The van der Waals surface area contributed by atoms with Crippen LogP contribution in [0, 0.1) is 0 Å². The molecule has 3 heterocycles. The quantitative estimate of drug-likeness (QED) is 0.287. The molecule has 2 aromatic carbocycles. The predicted molar refractivity (Wildman–Crippen MR) is 152 cm³/mol. The number of halogens is 3. The van der Waals surface area contributed by atoms with Crippen LogP contribution in [-0.2, 0) is 12.7 Å². The number of carbonyl (C=O) groups is 1. The van der Waals surface area contributed by atoms with Gasteiger partial charge < -0.3 is 16.0 Å². The van der Waals surface area contributed by atoms with E-state index < -0.39 is 17.8 Å². The number of imidazole rings is 1. The van der Waals surface area contributed by atoms with Gasteiger partial charge in [0.25, 0.3) is 0 Å². The number of amides is 2. The van der Waals surface area contributed by atoms with Gasteiger partial charge in [0, 0.05) is 62.9 Å². The maximum atomic E-state index is 14.0. The largest absolute Gasteiger partial charge is 0.416 e. The summed E-state index contributed by atoms with van der Waals surface area (Å²) in [6.07, 6.45) is -1.48. The van der Waals surface area contributed by atoms with Crippen LogP contribution < -0.4 is 16.0 Å². The Morgan fingerprint density at radius 3 is 2.29 bits per heavy atom. The lowest BCUT2D eigenvalue weighted by Crippen LogP contribution is -2.48. The van der Waals surface area contributed by atoms with Gasteiger partial charge >= 0.3 is 12.2 Å². The fraction of sp³-hybridized carbons (Fsp3) is 0.357. The van der Waals surface area contributed by atoms with Crippen LogP contribution >= 0.6 is 0 Å². The molecular formula is C28H32F3N9O. The highest BCUT2D eigenvalue weighted by Gasteiger charge is 2.34. The van der Waals surface area contributed by atoms with Gasteiger partial charge in [-0.25, -0.2) is 19.7 Å². The summed E-state index contributed by atoms with van der Waals surface area (Å²) in [4.78, 5) is 29.8. The summed E-state index contributed by atoms with van der Waals surface area (Å²) in [6, 6.07) is 10.6. The minimum absolute atomic E-state index is 0.0599. The van der Waals surface area contributed by atoms with Crippen molar-refractivity contribution in [2.24, 2.45) is 0 Å². The van der Waals surface area contributed by atoms with Crippen LogP contribution in [0.25, 0.3) is 16.9 Å². The van der Waals surface area contributed by atoms with Crippen molar-refractivity contribution in [3.05, 3.63) is 66.2 Å². The fourth-order valence-electron chi connectivity index (χ4n) is 4.94. The topological polar surface area (TPSA) is 103 Å². The summed E-state index contributed by atoms with van der Waals surface area (Å²) >= 11 is 0. The van der Waals surface area contributed by atoms with E-state index in [2.05, 4.69) is 49.6 Å². The second kappa shape index (κ2) is 11.7. The van der Waals surface area contributed by atoms with Gasteiger partial charge in [-0.05, 0) is 55.8 Å². The number of nitrogens with one attached hydrogen (secondary N) is 3. The third-order valence-electron chi connectivity index (χ3n) is 7.18. The third kappa shape index (κ3) is 6.41. The smallest absolute Gasteiger partial charge is 0.371 e. The Labute approximate surface area is 235 Å². The Hall–Kier alpha value is -4.23. The number of benzene rings is 2. The Morgan fingerprint density at radius 1 is 0.951 bits per heavy atom. The molecule has 1 aliphatic heterocycles.